The second-order valence-electron chi connectivity index (χ2n) is 11.9. The van der Waals surface area contributed by atoms with Crippen molar-refractivity contribution in [3.8, 4) is 11.1 Å². The fourth-order valence-electron chi connectivity index (χ4n) is 5.28. The summed E-state index contributed by atoms with van der Waals surface area (Å²) in [6, 6.07) is 3.32. The lowest BCUT2D eigenvalue weighted by Crippen LogP contribution is -2.41. The minimum Gasteiger partial charge on any atom is -0.461 e. The van der Waals surface area contributed by atoms with Crippen LogP contribution in [-0.4, -0.2) is 48.5 Å². The van der Waals surface area contributed by atoms with Crippen molar-refractivity contribution in [2.45, 2.75) is 85.2 Å². The highest BCUT2D eigenvalue weighted by molar-refractivity contribution is 6.74. The van der Waals surface area contributed by atoms with Crippen LogP contribution in [0.5, 0.6) is 0 Å². The second-order valence-corrected chi connectivity index (χ2v) is 16.7. The molecule has 3 heterocycles. The van der Waals surface area contributed by atoms with Gasteiger partial charge in [-0.25, -0.2) is 9.18 Å². The van der Waals surface area contributed by atoms with Crippen molar-refractivity contribution in [1.29, 1.82) is 0 Å². The van der Waals surface area contributed by atoms with E-state index in [0.717, 1.165) is 28.6 Å². The van der Waals surface area contributed by atoms with Gasteiger partial charge >= 0.3 is 5.97 Å². The lowest BCUT2D eigenvalue weighted by Gasteiger charge is -2.36. The fourth-order valence-corrected chi connectivity index (χ4v) is 6.37. The zero-order valence-electron chi connectivity index (χ0n) is 25.3. The first kappa shape index (κ1) is 30.2. The van der Waals surface area contributed by atoms with Crippen LogP contribution in [0.2, 0.25) is 18.1 Å². The van der Waals surface area contributed by atoms with Gasteiger partial charge in [-0.15, -0.1) is 0 Å². The van der Waals surface area contributed by atoms with E-state index in [1.165, 1.54) is 6.07 Å². The summed E-state index contributed by atoms with van der Waals surface area (Å²) >= 11 is 0. The van der Waals surface area contributed by atoms with E-state index in [1.54, 1.807) is 13.0 Å². The van der Waals surface area contributed by atoms with Crippen LogP contribution in [0.3, 0.4) is 0 Å². The molecular weight excluding hydrogens is 525 g/mol. The quantitative estimate of drug-likeness (QED) is 0.127. The van der Waals surface area contributed by atoms with Crippen LogP contribution in [0, 0.1) is 5.82 Å². The molecule has 3 aromatic rings. The largest absolute Gasteiger partial charge is 0.461 e. The van der Waals surface area contributed by atoms with Crippen molar-refractivity contribution in [1.82, 2.24) is 14.3 Å². The number of aryl methyl sites for hydroxylation is 2. The maximum atomic E-state index is 16.0. The highest BCUT2D eigenvalue weighted by Crippen LogP contribution is 2.41. The van der Waals surface area contributed by atoms with Gasteiger partial charge in [-0.05, 0) is 62.0 Å². The van der Waals surface area contributed by atoms with E-state index < -0.39 is 14.3 Å². The van der Waals surface area contributed by atoms with E-state index in [1.807, 2.05) is 35.4 Å². The first-order valence-electron chi connectivity index (χ1n) is 14.3. The molecule has 0 aliphatic carbocycles. The molecule has 218 valence electrons. The third-order valence-corrected chi connectivity index (χ3v) is 12.9. The highest BCUT2D eigenvalue weighted by atomic mass is 28.4. The Bertz CT molecular complexity index is 1410. The number of benzene rings is 1. The summed E-state index contributed by atoms with van der Waals surface area (Å²) in [5, 5.41) is 5.69. The Labute approximate surface area is 238 Å². The number of halogens is 1. The van der Waals surface area contributed by atoms with Gasteiger partial charge < -0.3 is 18.5 Å². The molecule has 4 rings (SSSR count). The van der Waals surface area contributed by atoms with Gasteiger partial charge in [-0.2, -0.15) is 5.10 Å². The Morgan fingerprint density at radius 3 is 2.60 bits per heavy atom. The minimum atomic E-state index is -1.91. The van der Waals surface area contributed by atoms with Crippen molar-refractivity contribution in [2.75, 3.05) is 19.8 Å². The minimum absolute atomic E-state index is 0.116. The Morgan fingerprint density at radius 2 is 1.93 bits per heavy atom. The molecule has 0 spiro atoms. The zero-order valence-corrected chi connectivity index (χ0v) is 26.3. The monoisotopic (exact) mass is 569 g/mol. The fraction of sp³-hybridized carbons (Fsp3) is 0.548. The number of rotatable bonds is 8. The molecule has 0 fully saturated rings. The molecule has 0 amide bonds. The maximum Gasteiger partial charge on any atom is 0.355 e. The highest BCUT2D eigenvalue weighted by Gasteiger charge is 2.37. The summed E-state index contributed by atoms with van der Waals surface area (Å²) in [7, 11) is -0.0253. The number of fused-ring (bicyclic) bond motifs is 2. The maximum absolute atomic E-state index is 16.0. The predicted octanol–water partition coefficient (Wildman–Crippen LogP) is 6.96. The van der Waals surface area contributed by atoms with Gasteiger partial charge in [0.1, 0.15) is 11.5 Å². The number of carbonyl (C=O) groups is 1. The van der Waals surface area contributed by atoms with Gasteiger partial charge in [0.25, 0.3) is 0 Å². The smallest absolute Gasteiger partial charge is 0.355 e. The summed E-state index contributed by atoms with van der Waals surface area (Å²) in [5.74, 6) is -0.742. The molecule has 0 atom stereocenters. The van der Waals surface area contributed by atoms with Crippen molar-refractivity contribution >= 4 is 25.2 Å². The van der Waals surface area contributed by atoms with Gasteiger partial charge in [0.2, 0.25) is 0 Å². The third kappa shape index (κ3) is 5.69. The first-order valence-corrected chi connectivity index (χ1v) is 17.3. The summed E-state index contributed by atoms with van der Waals surface area (Å²) in [4.78, 5) is 13.5. The Hall–Kier alpha value is -2.75. The molecule has 9 heteroatoms. The number of esters is 1. The SMILES string of the molecule is CCOC(=O)c1c(CCCO[Si](C)(C)C(C)(C)C)c2ccc(F)c3c2n1C/C=C\COCc1nn(C)c(CC)c1-3. The summed E-state index contributed by atoms with van der Waals surface area (Å²) in [5.41, 5.74) is 4.87. The van der Waals surface area contributed by atoms with E-state index in [0.29, 0.717) is 55.1 Å². The number of hydrogen-bond donors (Lipinski definition) is 0. The van der Waals surface area contributed by atoms with Crippen molar-refractivity contribution in [3.05, 3.63) is 52.7 Å². The van der Waals surface area contributed by atoms with Gasteiger partial charge in [0.15, 0.2) is 8.32 Å². The molecule has 1 aliphatic rings. The third-order valence-electron chi connectivity index (χ3n) is 8.32. The van der Waals surface area contributed by atoms with E-state index >= 15 is 4.39 Å². The number of ether oxygens (including phenoxy) is 2. The average molecular weight is 570 g/mol. The number of nitrogens with zero attached hydrogens (tertiary/aromatic N) is 3. The molecule has 0 radical (unpaired) electrons. The standard InChI is InChI=1S/C31H44FN3O4Si/c1-9-25-27-24(33-34(25)6)20-37-18-12-11-17-35-28-22(15-16-23(32)26(27)28)21(29(35)30(36)38-10-2)14-13-19-39-40(7,8)31(3,4)5/h11-12,15-16H,9-10,13-14,17-20H2,1-8H3/b12-11-. The molecule has 0 saturated carbocycles. The molecule has 40 heavy (non-hydrogen) atoms. The van der Waals surface area contributed by atoms with Crippen molar-refractivity contribution in [2.24, 2.45) is 7.05 Å². The molecule has 0 bridgehead atoms. The number of hydrogen-bond acceptors (Lipinski definition) is 5. The predicted molar refractivity (Wildman–Crippen MR) is 160 cm³/mol. The molecule has 1 aromatic carbocycles. The van der Waals surface area contributed by atoms with E-state index in [4.69, 9.17) is 19.0 Å². The second kappa shape index (κ2) is 12.0. The van der Waals surface area contributed by atoms with Crippen LogP contribution in [0.25, 0.3) is 22.0 Å². The summed E-state index contributed by atoms with van der Waals surface area (Å²) < 4.78 is 37.6. The molecule has 0 saturated heterocycles. The summed E-state index contributed by atoms with van der Waals surface area (Å²) in [6.45, 7) is 16.9. The van der Waals surface area contributed by atoms with Crippen molar-refractivity contribution in [3.63, 3.8) is 0 Å². The van der Waals surface area contributed by atoms with E-state index in [9.17, 15) is 4.79 Å². The lowest BCUT2D eigenvalue weighted by molar-refractivity contribution is 0.0513. The molecule has 1 aliphatic heterocycles. The number of carbonyl (C=O) groups excluding carboxylic acids is 1. The van der Waals surface area contributed by atoms with Crippen LogP contribution >= 0.6 is 0 Å². The Morgan fingerprint density at radius 1 is 1.18 bits per heavy atom. The van der Waals surface area contributed by atoms with Gasteiger partial charge in [-0.1, -0.05) is 39.8 Å². The molecule has 0 N–H and O–H groups in total. The van der Waals surface area contributed by atoms with E-state index in [2.05, 4.69) is 33.9 Å². The van der Waals surface area contributed by atoms with Crippen LogP contribution in [0.15, 0.2) is 24.3 Å². The zero-order chi connectivity index (χ0) is 29.2. The van der Waals surface area contributed by atoms with Crippen LogP contribution in [0.1, 0.15) is 68.5 Å². The number of allylic oxidation sites excluding steroid dienone is 1. The first-order chi connectivity index (χ1) is 18.9. The summed E-state index contributed by atoms with van der Waals surface area (Å²) in [6.07, 6.45) is 5.93. The average Bonchev–Trinajstić information content (AvgIpc) is 3.35. The molecular formula is C31H44FN3O4Si. The van der Waals surface area contributed by atoms with Crippen molar-refractivity contribution < 1.29 is 23.1 Å². The van der Waals surface area contributed by atoms with Gasteiger partial charge in [0, 0.05) is 42.4 Å². The molecule has 2 aromatic heterocycles. The van der Waals surface area contributed by atoms with Crippen LogP contribution in [0.4, 0.5) is 4.39 Å². The van der Waals surface area contributed by atoms with Gasteiger partial charge in [0.05, 0.1) is 31.0 Å². The van der Waals surface area contributed by atoms with Crippen LogP contribution < -0.4 is 0 Å². The molecule has 7 nitrogen and oxygen atoms in total. The lowest BCUT2D eigenvalue weighted by atomic mass is 9.96. The normalized spacial score (nSPS) is 15.1. The Balaban J connectivity index is 1.93. The van der Waals surface area contributed by atoms with Gasteiger partial charge in [-0.3, -0.25) is 4.68 Å². The number of aromatic nitrogens is 3. The molecule has 0 unspecified atom stereocenters. The topological polar surface area (TPSA) is 67.5 Å². The Kier molecular flexibility index (Phi) is 9.07. The van der Waals surface area contributed by atoms with Crippen LogP contribution in [-0.2, 0) is 46.9 Å². The van der Waals surface area contributed by atoms with E-state index in [-0.39, 0.29) is 24.1 Å².